The number of hydrogen-bond acceptors (Lipinski definition) is 4. The first-order valence-electron chi connectivity index (χ1n) is 6.99. The van der Waals surface area contributed by atoms with Crippen LogP contribution in [0.3, 0.4) is 0 Å². The quantitative estimate of drug-likeness (QED) is 0.687. The van der Waals surface area contributed by atoms with Crippen molar-refractivity contribution >= 4 is 17.0 Å². The van der Waals surface area contributed by atoms with E-state index in [2.05, 4.69) is 14.7 Å². The topological polar surface area (TPSA) is 57.0 Å². The Balaban J connectivity index is 2.26. The van der Waals surface area contributed by atoms with Crippen LogP contribution in [0.1, 0.15) is 10.4 Å². The number of pyridine rings is 1. The van der Waals surface area contributed by atoms with E-state index in [9.17, 15) is 18.0 Å². The van der Waals surface area contributed by atoms with Gasteiger partial charge in [0.15, 0.2) is 5.82 Å². The van der Waals surface area contributed by atoms with E-state index < -0.39 is 24.8 Å². The molecule has 1 aromatic carbocycles. The molecule has 124 valence electrons. The van der Waals surface area contributed by atoms with Crippen LogP contribution in [0.5, 0.6) is 0 Å². The van der Waals surface area contributed by atoms with Gasteiger partial charge in [0.1, 0.15) is 11.5 Å². The third-order valence-electron chi connectivity index (χ3n) is 3.46. The van der Waals surface area contributed by atoms with Crippen LogP contribution >= 0.6 is 0 Å². The molecule has 0 spiro atoms. The van der Waals surface area contributed by atoms with Gasteiger partial charge < -0.3 is 9.30 Å². The summed E-state index contributed by atoms with van der Waals surface area (Å²) in [6.07, 6.45) is -1.16. The molecule has 0 radical (unpaired) electrons. The summed E-state index contributed by atoms with van der Waals surface area (Å²) in [6, 6.07) is 7.17. The number of benzene rings is 1. The van der Waals surface area contributed by atoms with Gasteiger partial charge in [-0.15, -0.1) is 0 Å². The van der Waals surface area contributed by atoms with E-state index in [-0.39, 0.29) is 22.4 Å². The minimum atomic E-state index is -2.66. The minimum Gasteiger partial charge on any atom is -0.465 e. The van der Waals surface area contributed by atoms with Gasteiger partial charge in [-0.25, -0.2) is 22.9 Å². The van der Waals surface area contributed by atoms with Crippen molar-refractivity contribution in [3.8, 4) is 11.5 Å². The summed E-state index contributed by atoms with van der Waals surface area (Å²) in [6.45, 7) is -0.667. The van der Waals surface area contributed by atoms with E-state index >= 15 is 0 Å². The Bertz CT molecular complexity index is 894. The van der Waals surface area contributed by atoms with Gasteiger partial charge in [-0.1, -0.05) is 6.07 Å². The van der Waals surface area contributed by atoms with E-state index in [1.165, 1.54) is 16.8 Å². The van der Waals surface area contributed by atoms with Crippen molar-refractivity contribution in [1.82, 2.24) is 14.5 Å². The Labute approximate surface area is 134 Å². The molecular formula is C16H12F3N3O2. The number of rotatable bonds is 4. The van der Waals surface area contributed by atoms with Crippen molar-refractivity contribution in [3.63, 3.8) is 0 Å². The summed E-state index contributed by atoms with van der Waals surface area (Å²) < 4.78 is 45.7. The summed E-state index contributed by atoms with van der Waals surface area (Å²) in [7, 11) is 1.13. The molecular weight excluding hydrogens is 323 g/mol. The lowest BCUT2D eigenvalue weighted by Crippen LogP contribution is -2.09. The van der Waals surface area contributed by atoms with Crippen molar-refractivity contribution < 1.29 is 22.7 Å². The Morgan fingerprint density at radius 3 is 2.75 bits per heavy atom. The summed E-state index contributed by atoms with van der Waals surface area (Å²) >= 11 is 0. The van der Waals surface area contributed by atoms with E-state index in [0.29, 0.717) is 5.69 Å². The molecule has 0 aliphatic carbocycles. The van der Waals surface area contributed by atoms with Gasteiger partial charge >= 0.3 is 5.97 Å². The second-order valence-electron chi connectivity index (χ2n) is 4.96. The molecule has 0 amide bonds. The molecule has 0 atom stereocenters. The normalized spacial score (nSPS) is 11.2. The Morgan fingerprint density at radius 2 is 2.12 bits per heavy atom. The van der Waals surface area contributed by atoms with Gasteiger partial charge in [0.05, 0.1) is 30.3 Å². The predicted molar refractivity (Wildman–Crippen MR) is 80.3 cm³/mol. The molecule has 0 fully saturated rings. The highest BCUT2D eigenvalue weighted by Crippen LogP contribution is 2.27. The summed E-state index contributed by atoms with van der Waals surface area (Å²) in [5, 5.41) is 0. The third kappa shape index (κ3) is 2.82. The maximum atomic E-state index is 14.1. The monoisotopic (exact) mass is 335 g/mol. The molecule has 0 unspecified atom stereocenters. The van der Waals surface area contributed by atoms with Crippen molar-refractivity contribution in [3.05, 3.63) is 47.9 Å². The maximum absolute atomic E-state index is 14.1. The molecule has 0 aliphatic heterocycles. The van der Waals surface area contributed by atoms with Crippen LogP contribution in [0.4, 0.5) is 13.2 Å². The fraction of sp³-hybridized carbons (Fsp3) is 0.188. The molecule has 3 rings (SSSR count). The Kier molecular flexibility index (Phi) is 4.20. The highest BCUT2D eigenvalue weighted by atomic mass is 19.3. The van der Waals surface area contributed by atoms with Crippen molar-refractivity contribution in [2.45, 2.75) is 13.0 Å². The van der Waals surface area contributed by atoms with Gasteiger partial charge in [-0.3, -0.25) is 4.98 Å². The van der Waals surface area contributed by atoms with Crippen LogP contribution in [0.15, 0.2) is 36.5 Å². The smallest absolute Gasteiger partial charge is 0.340 e. The zero-order valence-electron chi connectivity index (χ0n) is 12.5. The number of carbonyl (C=O) groups is 1. The van der Waals surface area contributed by atoms with E-state index in [0.717, 1.165) is 13.2 Å². The largest absolute Gasteiger partial charge is 0.465 e. The molecule has 0 bridgehead atoms. The van der Waals surface area contributed by atoms with E-state index in [4.69, 9.17) is 0 Å². The number of carbonyl (C=O) groups excluding carboxylic acids is 1. The van der Waals surface area contributed by atoms with Crippen LogP contribution in [0, 0.1) is 5.82 Å². The maximum Gasteiger partial charge on any atom is 0.340 e. The average molecular weight is 335 g/mol. The zero-order chi connectivity index (χ0) is 17.3. The van der Waals surface area contributed by atoms with Crippen molar-refractivity contribution in [2.24, 2.45) is 0 Å². The number of esters is 1. The van der Waals surface area contributed by atoms with Crippen LogP contribution < -0.4 is 0 Å². The van der Waals surface area contributed by atoms with Gasteiger partial charge in [0, 0.05) is 12.3 Å². The molecule has 0 saturated heterocycles. The lowest BCUT2D eigenvalue weighted by Gasteiger charge is -2.08. The van der Waals surface area contributed by atoms with Crippen LogP contribution in [-0.4, -0.2) is 34.0 Å². The lowest BCUT2D eigenvalue weighted by atomic mass is 10.2. The second kappa shape index (κ2) is 6.31. The summed E-state index contributed by atoms with van der Waals surface area (Å²) in [5.41, 5.74) is 0.424. The molecule has 8 heteroatoms. The molecule has 24 heavy (non-hydrogen) atoms. The van der Waals surface area contributed by atoms with Gasteiger partial charge in [-0.2, -0.15) is 0 Å². The Hall–Kier alpha value is -2.90. The second-order valence-corrected chi connectivity index (χ2v) is 4.96. The van der Waals surface area contributed by atoms with Crippen molar-refractivity contribution in [1.29, 1.82) is 0 Å². The highest BCUT2D eigenvalue weighted by molar-refractivity contribution is 5.94. The number of hydrogen-bond donors (Lipinski definition) is 0. The fourth-order valence-corrected chi connectivity index (χ4v) is 2.43. The number of halogens is 3. The average Bonchev–Trinajstić information content (AvgIpc) is 2.91. The fourth-order valence-electron chi connectivity index (χ4n) is 2.43. The van der Waals surface area contributed by atoms with Crippen LogP contribution in [0.2, 0.25) is 0 Å². The lowest BCUT2D eigenvalue weighted by molar-refractivity contribution is 0.0595. The zero-order valence-corrected chi connectivity index (χ0v) is 12.5. The standard InChI is InChI=1S/C16H12F3N3O2/c1-24-16(23)9-6-12-13(7-10(9)17)22(8-14(18)19)15(21-12)11-4-2-3-5-20-11/h2-7,14H,8H2,1H3. The number of nitrogens with zero attached hydrogens (tertiary/aromatic N) is 3. The van der Waals surface area contributed by atoms with Gasteiger partial charge in [0.25, 0.3) is 6.43 Å². The first kappa shape index (κ1) is 16.0. The summed E-state index contributed by atoms with van der Waals surface area (Å²) in [4.78, 5) is 19.9. The van der Waals surface area contributed by atoms with E-state index in [1.54, 1.807) is 18.2 Å². The van der Waals surface area contributed by atoms with Crippen LogP contribution in [0.25, 0.3) is 22.6 Å². The molecule has 0 aliphatic rings. The first-order valence-corrected chi connectivity index (χ1v) is 6.99. The Morgan fingerprint density at radius 1 is 1.33 bits per heavy atom. The van der Waals surface area contributed by atoms with E-state index in [1.807, 2.05) is 0 Å². The first-order chi connectivity index (χ1) is 11.5. The highest BCUT2D eigenvalue weighted by Gasteiger charge is 2.21. The molecule has 2 heterocycles. The SMILES string of the molecule is COC(=O)c1cc2nc(-c3ccccn3)n(CC(F)F)c2cc1F. The van der Waals surface area contributed by atoms with Gasteiger partial charge in [-0.05, 0) is 18.2 Å². The number of ether oxygens (including phenoxy) is 1. The predicted octanol–water partition coefficient (Wildman–Crippen LogP) is 3.29. The molecule has 5 nitrogen and oxygen atoms in total. The van der Waals surface area contributed by atoms with Crippen molar-refractivity contribution in [2.75, 3.05) is 7.11 Å². The third-order valence-corrected chi connectivity index (χ3v) is 3.46. The molecule has 0 N–H and O–H groups in total. The summed E-state index contributed by atoms with van der Waals surface area (Å²) in [5.74, 6) is -1.55. The number of aromatic nitrogens is 3. The van der Waals surface area contributed by atoms with Gasteiger partial charge in [0.2, 0.25) is 0 Å². The van der Waals surface area contributed by atoms with Crippen LogP contribution in [-0.2, 0) is 11.3 Å². The number of imidazole rings is 1. The molecule has 0 saturated carbocycles. The molecule has 3 aromatic rings. The minimum absolute atomic E-state index is 0.154. The number of alkyl halides is 2. The molecule has 2 aromatic heterocycles. The number of methoxy groups -OCH3 is 1. The number of fused-ring (bicyclic) bond motifs is 1.